The number of benzene rings is 2. The molecule has 1 aliphatic heterocycles. The minimum atomic E-state index is -0.275. The van der Waals surface area contributed by atoms with Gasteiger partial charge in [0.15, 0.2) is 0 Å². The Morgan fingerprint density at radius 2 is 1.86 bits per heavy atom. The summed E-state index contributed by atoms with van der Waals surface area (Å²) >= 11 is 0. The van der Waals surface area contributed by atoms with Crippen LogP contribution in [0.15, 0.2) is 54.6 Å². The number of carbonyl (C=O) groups excluding carboxylic acids is 1. The maximum atomic E-state index is 12.8. The number of hydrogen-bond donors (Lipinski definition) is 0. The van der Waals surface area contributed by atoms with E-state index in [1.807, 2.05) is 18.2 Å². The Bertz CT molecular complexity index is 676. The first-order valence-corrected chi connectivity index (χ1v) is 7.07. The molecule has 0 atom stereocenters. The van der Waals surface area contributed by atoms with E-state index >= 15 is 0 Å². The molecule has 106 valence electrons. The number of anilines is 1. The van der Waals surface area contributed by atoms with Crippen LogP contribution in [-0.2, 0) is 11.2 Å². The van der Waals surface area contributed by atoms with Gasteiger partial charge in [-0.25, -0.2) is 4.39 Å². The summed E-state index contributed by atoms with van der Waals surface area (Å²) in [6.07, 6.45) is 5.27. The molecular formula is C18H16FNO. The van der Waals surface area contributed by atoms with E-state index in [1.54, 1.807) is 29.2 Å². The van der Waals surface area contributed by atoms with E-state index in [2.05, 4.69) is 6.07 Å². The molecule has 0 radical (unpaired) electrons. The highest BCUT2D eigenvalue weighted by Gasteiger charge is 2.20. The Morgan fingerprint density at radius 3 is 2.67 bits per heavy atom. The minimum absolute atomic E-state index is 0.0357. The molecule has 0 bridgehead atoms. The standard InChI is InChI=1S/C18H16FNO/c19-16-10-7-14(8-11-16)9-12-18(21)20-13-3-5-15-4-1-2-6-17(15)20/h1-2,4,6-12H,3,5,13H2/b12-9+. The van der Waals surface area contributed by atoms with Crippen molar-refractivity contribution in [1.82, 2.24) is 0 Å². The lowest BCUT2D eigenvalue weighted by Crippen LogP contribution is -2.34. The zero-order valence-electron chi connectivity index (χ0n) is 11.6. The Labute approximate surface area is 123 Å². The molecule has 0 spiro atoms. The molecule has 0 saturated heterocycles. The summed E-state index contributed by atoms with van der Waals surface area (Å²) in [5.74, 6) is -0.310. The van der Waals surface area contributed by atoms with Crippen molar-refractivity contribution in [3.63, 3.8) is 0 Å². The van der Waals surface area contributed by atoms with Crippen molar-refractivity contribution in [3.8, 4) is 0 Å². The van der Waals surface area contributed by atoms with Crippen LogP contribution in [0.2, 0.25) is 0 Å². The summed E-state index contributed by atoms with van der Waals surface area (Å²) in [4.78, 5) is 14.2. The van der Waals surface area contributed by atoms with E-state index in [9.17, 15) is 9.18 Å². The van der Waals surface area contributed by atoms with Crippen LogP contribution in [0.4, 0.5) is 10.1 Å². The third kappa shape index (κ3) is 3.02. The van der Waals surface area contributed by atoms with Gasteiger partial charge < -0.3 is 4.90 Å². The van der Waals surface area contributed by atoms with Gasteiger partial charge in [-0.1, -0.05) is 30.3 Å². The lowest BCUT2D eigenvalue weighted by molar-refractivity contribution is -0.114. The van der Waals surface area contributed by atoms with Gasteiger partial charge in [-0.15, -0.1) is 0 Å². The fourth-order valence-corrected chi connectivity index (χ4v) is 2.59. The molecule has 2 nitrogen and oxygen atoms in total. The highest BCUT2D eigenvalue weighted by atomic mass is 19.1. The third-order valence-corrected chi connectivity index (χ3v) is 3.66. The first kappa shape index (κ1) is 13.6. The van der Waals surface area contributed by atoms with Crippen molar-refractivity contribution in [2.45, 2.75) is 12.8 Å². The molecule has 0 fully saturated rings. The molecule has 1 aliphatic rings. The van der Waals surface area contributed by atoms with Crippen molar-refractivity contribution in [1.29, 1.82) is 0 Å². The average Bonchev–Trinajstić information content (AvgIpc) is 2.53. The summed E-state index contributed by atoms with van der Waals surface area (Å²) in [5, 5.41) is 0. The average molecular weight is 281 g/mol. The summed E-state index contributed by atoms with van der Waals surface area (Å²) in [6, 6.07) is 14.1. The highest BCUT2D eigenvalue weighted by Crippen LogP contribution is 2.26. The Balaban J connectivity index is 1.79. The monoisotopic (exact) mass is 281 g/mol. The fraction of sp³-hybridized carbons (Fsp3) is 0.167. The van der Waals surface area contributed by atoms with E-state index in [0.29, 0.717) is 0 Å². The van der Waals surface area contributed by atoms with Crippen molar-refractivity contribution in [2.24, 2.45) is 0 Å². The topological polar surface area (TPSA) is 20.3 Å². The number of halogens is 1. The van der Waals surface area contributed by atoms with Crippen LogP contribution < -0.4 is 4.90 Å². The van der Waals surface area contributed by atoms with Crippen LogP contribution in [0.5, 0.6) is 0 Å². The largest absolute Gasteiger partial charge is 0.309 e. The molecule has 0 N–H and O–H groups in total. The Hall–Kier alpha value is -2.42. The molecule has 0 aliphatic carbocycles. The fourth-order valence-electron chi connectivity index (χ4n) is 2.59. The molecule has 1 amide bonds. The zero-order valence-corrected chi connectivity index (χ0v) is 11.6. The first-order valence-electron chi connectivity index (χ1n) is 7.07. The minimum Gasteiger partial charge on any atom is -0.309 e. The number of hydrogen-bond acceptors (Lipinski definition) is 1. The normalized spacial score (nSPS) is 14.2. The van der Waals surface area contributed by atoms with Crippen molar-refractivity contribution in [2.75, 3.05) is 11.4 Å². The second-order valence-corrected chi connectivity index (χ2v) is 5.11. The smallest absolute Gasteiger partial charge is 0.250 e. The summed E-state index contributed by atoms with van der Waals surface area (Å²) in [6.45, 7) is 0.740. The maximum absolute atomic E-state index is 12.8. The van der Waals surface area contributed by atoms with Crippen LogP contribution in [-0.4, -0.2) is 12.5 Å². The molecule has 0 unspecified atom stereocenters. The second-order valence-electron chi connectivity index (χ2n) is 5.11. The van der Waals surface area contributed by atoms with E-state index < -0.39 is 0 Å². The number of aryl methyl sites for hydroxylation is 1. The zero-order chi connectivity index (χ0) is 14.7. The number of rotatable bonds is 2. The van der Waals surface area contributed by atoms with Gasteiger partial charge in [-0.2, -0.15) is 0 Å². The van der Waals surface area contributed by atoms with Crippen LogP contribution >= 0.6 is 0 Å². The molecule has 21 heavy (non-hydrogen) atoms. The molecule has 2 aromatic rings. The van der Waals surface area contributed by atoms with E-state index in [-0.39, 0.29) is 11.7 Å². The van der Waals surface area contributed by atoms with Crippen molar-refractivity contribution < 1.29 is 9.18 Å². The van der Waals surface area contributed by atoms with Gasteiger partial charge in [-0.05, 0) is 48.2 Å². The summed E-state index contributed by atoms with van der Waals surface area (Å²) in [5.41, 5.74) is 3.03. The number of fused-ring (bicyclic) bond motifs is 1. The first-order chi connectivity index (χ1) is 10.2. The molecule has 0 aromatic heterocycles. The van der Waals surface area contributed by atoms with Gasteiger partial charge in [0, 0.05) is 18.3 Å². The van der Waals surface area contributed by atoms with Crippen LogP contribution in [0.1, 0.15) is 17.5 Å². The predicted octanol–water partition coefficient (Wildman–Crippen LogP) is 3.82. The second kappa shape index (κ2) is 5.92. The lowest BCUT2D eigenvalue weighted by atomic mass is 10.0. The van der Waals surface area contributed by atoms with Crippen molar-refractivity contribution >= 4 is 17.7 Å². The Morgan fingerprint density at radius 1 is 1.10 bits per heavy atom. The van der Waals surface area contributed by atoms with Gasteiger partial charge >= 0.3 is 0 Å². The maximum Gasteiger partial charge on any atom is 0.250 e. The van der Waals surface area contributed by atoms with E-state index in [4.69, 9.17) is 0 Å². The van der Waals surface area contributed by atoms with E-state index in [1.165, 1.54) is 17.7 Å². The molecule has 3 heteroatoms. The number of nitrogens with zero attached hydrogens (tertiary/aromatic N) is 1. The molecule has 0 saturated carbocycles. The number of para-hydroxylation sites is 1. The SMILES string of the molecule is O=C(/C=C/c1ccc(F)cc1)N1CCCc2ccccc21. The summed E-state index contributed by atoms with van der Waals surface area (Å²) < 4.78 is 12.8. The van der Waals surface area contributed by atoms with Crippen molar-refractivity contribution in [3.05, 3.63) is 71.6 Å². The van der Waals surface area contributed by atoms with Gasteiger partial charge in [0.1, 0.15) is 5.82 Å². The Kier molecular flexibility index (Phi) is 3.82. The molecule has 3 rings (SSSR count). The van der Waals surface area contributed by atoms with Crippen LogP contribution in [0.3, 0.4) is 0 Å². The summed E-state index contributed by atoms with van der Waals surface area (Å²) in [7, 11) is 0. The molecule has 2 aromatic carbocycles. The number of carbonyl (C=O) groups is 1. The van der Waals surface area contributed by atoms with Gasteiger partial charge in [0.05, 0.1) is 0 Å². The quantitative estimate of drug-likeness (QED) is 0.766. The molecular weight excluding hydrogens is 265 g/mol. The van der Waals surface area contributed by atoms with E-state index in [0.717, 1.165) is 30.6 Å². The highest BCUT2D eigenvalue weighted by molar-refractivity contribution is 6.04. The lowest BCUT2D eigenvalue weighted by Gasteiger charge is -2.28. The van der Waals surface area contributed by atoms with Gasteiger partial charge in [0.25, 0.3) is 5.91 Å². The molecule has 1 heterocycles. The van der Waals surface area contributed by atoms with Gasteiger partial charge in [-0.3, -0.25) is 4.79 Å². The van der Waals surface area contributed by atoms with Gasteiger partial charge in [0.2, 0.25) is 0 Å². The van der Waals surface area contributed by atoms with Crippen LogP contribution in [0, 0.1) is 5.82 Å². The predicted molar refractivity (Wildman–Crippen MR) is 82.6 cm³/mol. The van der Waals surface area contributed by atoms with Crippen LogP contribution in [0.25, 0.3) is 6.08 Å². The number of amides is 1. The third-order valence-electron chi connectivity index (χ3n) is 3.66.